The fourth-order valence-corrected chi connectivity index (χ4v) is 6.14. The molecule has 2 aliphatic heterocycles. The Hall–Kier alpha value is -1.87. The highest BCUT2D eigenvalue weighted by Crippen LogP contribution is 2.48. The van der Waals surface area contributed by atoms with E-state index >= 15 is 0 Å². The molecule has 3 heteroatoms. The van der Waals surface area contributed by atoms with Crippen molar-refractivity contribution in [3.8, 4) is 0 Å². The Balaban J connectivity index is 1.33. The second-order valence-corrected chi connectivity index (χ2v) is 9.85. The summed E-state index contributed by atoms with van der Waals surface area (Å²) >= 11 is 0. The number of ketones is 1. The molecule has 4 rings (SSSR count). The molecule has 0 amide bonds. The van der Waals surface area contributed by atoms with Crippen molar-refractivity contribution in [3.05, 3.63) is 71.8 Å². The topological polar surface area (TPSA) is 29.1 Å². The van der Waals surface area contributed by atoms with Gasteiger partial charge in [0.1, 0.15) is 12.5 Å². The van der Waals surface area contributed by atoms with Gasteiger partial charge in [0.05, 0.1) is 6.04 Å². The monoisotopic (exact) mass is 415 g/mol. The molecule has 2 aromatic rings. The molecule has 2 saturated heterocycles. The smallest absolute Gasteiger partial charge is 0.149 e. The van der Waals surface area contributed by atoms with Gasteiger partial charge in [-0.2, -0.15) is 0 Å². The van der Waals surface area contributed by atoms with Crippen LogP contribution in [0.5, 0.6) is 0 Å². The third-order valence-electron chi connectivity index (χ3n) is 7.81. The molecule has 1 N–H and O–H groups in total. The molecule has 0 radical (unpaired) electrons. The molecule has 2 bridgehead atoms. The summed E-state index contributed by atoms with van der Waals surface area (Å²) < 4.78 is 0. The SMILES string of the molecule is O=C(CCCc1ccccc1)[C@H](CCB1C2CCCC1CCC2)NCc1ccccc1. The standard InChI is InChI=1S/C28H38BNO/c31-28(19-7-14-23-10-3-1-4-11-23)27(30-22-24-12-5-2-6-13-24)20-21-29-25-15-8-16-26(29)18-9-17-25/h1-6,10-13,25-27,30H,7-9,14-22H2/t25?,26?,27-/m0/s1. The number of carbonyl (C=O) groups is 1. The second kappa shape index (κ2) is 11.7. The number of carbonyl (C=O) groups excluding carboxylic acids is 1. The lowest BCUT2D eigenvalue weighted by Gasteiger charge is -2.41. The van der Waals surface area contributed by atoms with E-state index in [1.165, 1.54) is 56.0 Å². The van der Waals surface area contributed by atoms with Gasteiger partial charge in [-0.1, -0.05) is 117 Å². The molecule has 2 fully saturated rings. The molecule has 0 unspecified atom stereocenters. The first-order valence-corrected chi connectivity index (χ1v) is 12.6. The summed E-state index contributed by atoms with van der Waals surface area (Å²) in [6.07, 6.45) is 13.4. The number of hydrogen-bond acceptors (Lipinski definition) is 2. The first-order valence-electron chi connectivity index (χ1n) is 12.6. The second-order valence-electron chi connectivity index (χ2n) is 9.85. The molecule has 2 heterocycles. The number of fused-ring (bicyclic) bond motifs is 2. The van der Waals surface area contributed by atoms with Gasteiger partial charge in [0.25, 0.3) is 0 Å². The first-order chi connectivity index (χ1) is 15.3. The Labute approximate surface area is 189 Å². The molecule has 0 saturated carbocycles. The van der Waals surface area contributed by atoms with Crippen LogP contribution in [0.15, 0.2) is 60.7 Å². The molecule has 2 nitrogen and oxygen atoms in total. The fourth-order valence-electron chi connectivity index (χ4n) is 6.14. The average molecular weight is 415 g/mol. The van der Waals surface area contributed by atoms with Gasteiger partial charge in [-0.15, -0.1) is 0 Å². The third kappa shape index (κ3) is 6.56. The van der Waals surface area contributed by atoms with Gasteiger partial charge in [0, 0.05) is 13.0 Å². The van der Waals surface area contributed by atoms with E-state index in [-0.39, 0.29) is 6.04 Å². The summed E-state index contributed by atoms with van der Waals surface area (Å²) in [5.41, 5.74) is 2.60. The van der Waals surface area contributed by atoms with Crippen LogP contribution < -0.4 is 5.32 Å². The minimum atomic E-state index is -0.00127. The maximum Gasteiger partial charge on any atom is 0.149 e. The zero-order valence-corrected chi connectivity index (χ0v) is 19.0. The van der Waals surface area contributed by atoms with E-state index in [2.05, 4.69) is 66.0 Å². The Morgan fingerprint density at radius 2 is 1.45 bits per heavy atom. The predicted octanol–water partition coefficient (Wildman–Crippen LogP) is 6.73. The number of nitrogens with one attached hydrogen (secondary N) is 1. The summed E-state index contributed by atoms with van der Waals surface area (Å²) in [4.78, 5) is 13.2. The van der Waals surface area contributed by atoms with Crippen molar-refractivity contribution in [1.82, 2.24) is 5.32 Å². The van der Waals surface area contributed by atoms with Gasteiger partial charge in [-0.25, -0.2) is 0 Å². The van der Waals surface area contributed by atoms with E-state index in [9.17, 15) is 4.79 Å². The van der Waals surface area contributed by atoms with E-state index in [1.54, 1.807) is 0 Å². The van der Waals surface area contributed by atoms with Gasteiger partial charge in [-0.05, 0) is 30.4 Å². The van der Waals surface area contributed by atoms with Crippen LogP contribution in [0.3, 0.4) is 0 Å². The quantitative estimate of drug-likeness (QED) is 0.412. The van der Waals surface area contributed by atoms with Crippen molar-refractivity contribution in [2.75, 3.05) is 0 Å². The molecule has 164 valence electrons. The highest BCUT2D eigenvalue weighted by Gasteiger charge is 2.39. The van der Waals surface area contributed by atoms with Crippen molar-refractivity contribution in [2.24, 2.45) is 0 Å². The number of Topliss-reactive ketones (excluding diaryl/α,β-unsaturated/α-hetero) is 1. The largest absolute Gasteiger partial charge is 0.303 e. The normalized spacial score (nSPS) is 21.6. The molecular weight excluding hydrogens is 377 g/mol. The maximum atomic E-state index is 13.2. The Morgan fingerprint density at radius 1 is 0.871 bits per heavy atom. The van der Waals surface area contributed by atoms with Crippen LogP contribution in [0.2, 0.25) is 18.0 Å². The molecule has 0 aromatic heterocycles. The number of rotatable bonds is 11. The highest BCUT2D eigenvalue weighted by molar-refractivity contribution is 6.62. The van der Waals surface area contributed by atoms with Crippen LogP contribution >= 0.6 is 0 Å². The van der Waals surface area contributed by atoms with E-state index < -0.39 is 0 Å². The van der Waals surface area contributed by atoms with E-state index in [0.29, 0.717) is 12.2 Å². The molecule has 1 atom stereocenters. The predicted molar refractivity (Wildman–Crippen MR) is 132 cm³/mol. The van der Waals surface area contributed by atoms with Crippen molar-refractivity contribution in [3.63, 3.8) is 0 Å². The molecular formula is C28H38BNO. The summed E-state index contributed by atoms with van der Waals surface area (Å²) in [6, 6.07) is 21.1. The lowest BCUT2D eigenvalue weighted by molar-refractivity contribution is -0.121. The van der Waals surface area contributed by atoms with Crippen LogP contribution in [0.1, 0.15) is 68.9 Å². The third-order valence-corrected chi connectivity index (χ3v) is 7.81. The van der Waals surface area contributed by atoms with Crippen molar-refractivity contribution < 1.29 is 4.79 Å². The van der Waals surface area contributed by atoms with Gasteiger partial charge < -0.3 is 5.32 Å². The summed E-state index contributed by atoms with van der Waals surface area (Å²) in [5, 5.41) is 3.64. The number of aryl methyl sites for hydroxylation is 1. The van der Waals surface area contributed by atoms with Crippen LogP contribution in [0, 0.1) is 0 Å². The molecule has 2 aliphatic rings. The van der Waals surface area contributed by atoms with Crippen molar-refractivity contribution >= 4 is 12.5 Å². The zero-order chi connectivity index (χ0) is 21.3. The van der Waals surface area contributed by atoms with Crippen molar-refractivity contribution in [2.45, 2.75) is 94.7 Å². The van der Waals surface area contributed by atoms with Gasteiger partial charge in [-0.3, -0.25) is 4.79 Å². The van der Waals surface area contributed by atoms with Crippen LogP contribution in [0.4, 0.5) is 0 Å². The lowest BCUT2D eigenvalue weighted by Crippen LogP contribution is -2.40. The minimum Gasteiger partial charge on any atom is -0.303 e. The highest BCUT2D eigenvalue weighted by atomic mass is 16.1. The Kier molecular flexibility index (Phi) is 8.41. The molecule has 0 aliphatic carbocycles. The van der Waals surface area contributed by atoms with Crippen LogP contribution in [-0.4, -0.2) is 18.5 Å². The van der Waals surface area contributed by atoms with Gasteiger partial charge in [0.2, 0.25) is 0 Å². The van der Waals surface area contributed by atoms with Gasteiger partial charge >= 0.3 is 0 Å². The van der Waals surface area contributed by atoms with Gasteiger partial charge in [0.15, 0.2) is 0 Å². The van der Waals surface area contributed by atoms with E-state index in [4.69, 9.17) is 0 Å². The average Bonchev–Trinajstić information content (AvgIpc) is 2.80. The van der Waals surface area contributed by atoms with Crippen LogP contribution in [0.25, 0.3) is 0 Å². The number of benzene rings is 2. The Morgan fingerprint density at radius 3 is 2.06 bits per heavy atom. The summed E-state index contributed by atoms with van der Waals surface area (Å²) in [7, 11) is 0. The first kappa shape index (κ1) is 22.3. The molecule has 31 heavy (non-hydrogen) atoms. The summed E-state index contributed by atoms with van der Waals surface area (Å²) in [5.74, 6) is 2.26. The fraction of sp³-hybridized carbons (Fsp3) is 0.536. The maximum absolute atomic E-state index is 13.2. The van der Waals surface area contributed by atoms with Crippen molar-refractivity contribution in [1.29, 1.82) is 0 Å². The molecule has 2 aromatic carbocycles. The minimum absolute atomic E-state index is 0.00127. The zero-order valence-electron chi connectivity index (χ0n) is 19.0. The lowest BCUT2D eigenvalue weighted by atomic mass is 9.25. The van der Waals surface area contributed by atoms with E-state index in [0.717, 1.165) is 44.2 Å². The van der Waals surface area contributed by atoms with E-state index in [1.807, 2.05) is 0 Å². The van der Waals surface area contributed by atoms with Crippen LogP contribution in [-0.2, 0) is 17.8 Å². The Bertz CT molecular complexity index is 771. The summed E-state index contributed by atoms with van der Waals surface area (Å²) in [6.45, 7) is 1.65. The number of hydrogen-bond donors (Lipinski definition) is 1. The molecule has 0 spiro atoms.